The molecular formula is C25H21FN6O3S. The van der Waals surface area contributed by atoms with Crippen molar-refractivity contribution >= 4 is 44.5 Å². The summed E-state index contributed by atoms with van der Waals surface area (Å²) in [6, 6.07) is 16.8. The smallest absolute Gasteiger partial charge is 0.287 e. The van der Waals surface area contributed by atoms with Gasteiger partial charge in [0.05, 0.1) is 22.8 Å². The van der Waals surface area contributed by atoms with E-state index in [2.05, 4.69) is 26.0 Å². The number of halogens is 1. The second kappa shape index (κ2) is 9.72. The number of nitrogens with one attached hydrogen (secondary N) is 3. The van der Waals surface area contributed by atoms with Crippen molar-refractivity contribution in [3.63, 3.8) is 0 Å². The van der Waals surface area contributed by atoms with Crippen LogP contribution >= 0.6 is 11.3 Å². The van der Waals surface area contributed by atoms with Crippen LogP contribution < -0.4 is 16.2 Å². The number of carbonyl (C=O) groups is 1. The summed E-state index contributed by atoms with van der Waals surface area (Å²) in [7, 11) is 3.80. The van der Waals surface area contributed by atoms with Crippen LogP contribution in [-0.4, -0.2) is 40.3 Å². The Labute approximate surface area is 208 Å². The Kier molecular flexibility index (Phi) is 6.32. The molecule has 182 valence electrons. The van der Waals surface area contributed by atoms with E-state index >= 15 is 0 Å². The molecule has 0 fully saturated rings. The van der Waals surface area contributed by atoms with Crippen LogP contribution in [0.25, 0.3) is 21.3 Å². The van der Waals surface area contributed by atoms with E-state index in [-0.39, 0.29) is 11.4 Å². The lowest BCUT2D eigenvalue weighted by molar-refractivity contribution is 0.103. The first kappa shape index (κ1) is 23.4. The first-order valence-electron chi connectivity index (χ1n) is 10.9. The fourth-order valence-corrected chi connectivity index (χ4v) is 4.56. The lowest BCUT2D eigenvalue weighted by Crippen LogP contribution is -2.14. The van der Waals surface area contributed by atoms with Gasteiger partial charge in [-0.3, -0.25) is 9.59 Å². The molecule has 0 saturated carbocycles. The molecule has 0 radical (unpaired) electrons. The van der Waals surface area contributed by atoms with E-state index in [1.165, 1.54) is 35.6 Å². The summed E-state index contributed by atoms with van der Waals surface area (Å²) in [5, 5.41) is 16.9. The van der Waals surface area contributed by atoms with E-state index in [1.54, 1.807) is 12.1 Å². The zero-order valence-corrected chi connectivity index (χ0v) is 20.1. The van der Waals surface area contributed by atoms with Crippen LogP contribution in [0.1, 0.15) is 15.4 Å². The Balaban J connectivity index is 1.38. The maximum absolute atomic E-state index is 14.6. The van der Waals surface area contributed by atoms with Crippen LogP contribution in [0.2, 0.25) is 0 Å². The maximum atomic E-state index is 14.6. The highest BCUT2D eigenvalue weighted by Gasteiger charge is 2.15. The van der Waals surface area contributed by atoms with Crippen molar-refractivity contribution in [3.05, 3.63) is 87.5 Å². The van der Waals surface area contributed by atoms with Crippen LogP contribution in [0.3, 0.4) is 0 Å². The lowest BCUT2D eigenvalue weighted by Gasteiger charge is -2.09. The summed E-state index contributed by atoms with van der Waals surface area (Å²) in [5.41, 5.74) is 0.589. The molecule has 0 atom stereocenters. The third kappa shape index (κ3) is 5.02. The summed E-state index contributed by atoms with van der Waals surface area (Å²) in [6.07, 6.45) is 0. The van der Waals surface area contributed by atoms with E-state index in [9.17, 15) is 14.0 Å². The van der Waals surface area contributed by atoms with Crippen LogP contribution in [0.15, 0.2) is 70.0 Å². The zero-order valence-electron chi connectivity index (χ0n) is 19.3. The van der Waals surface area contributed by atoms with Gasteiger partial charge in [-0.2, -0.15) is 5.10 Å². The molecule has 5 rings (SSSR count). The number of fused-ring (bicyclic) bond motifs is 1. The predicted molar refractivity (Wildman–Crippen MR) is 137 cm³/mol. The molecule has 0 aliphatic rings. The van der Waals surface area contributed by atoms with Gasteiger partial charge in [-0.25, -0.2) is 9.49 Å². The third-order valence-corrected chi connectivity index (χ3v) is 6.37. The van der Waals surface area contributed by atoms with Crippen molar-refractivity contribution in [1.82, 2.24) is 20.3 Å². The second-order valence-corrected chi connectivity index (χ2v) is 9.42. The summed E-state index contributed by atoms with van der Waals surface area (Å²) < 4.78 is 20.8. The number of nitrogens with zero attached hydrogens (tertiary/aromatic N) is 3. The number of aromatic amines is 1. The molecule has 0 spiro atoms. The van der Waals surface area contributed by atoms with Crippen molar-refractivity contribution in [2.24, 2.45) is 0 Å². The molecule has 2 aromatic carbocycles. The standard InChI is InChI=1S/C25H21FN6O3S/c1-32(2)13-16-11-23(31-35-16)27-20-12-18(29-30-24(20)33)14-7-8-17(26)19(9-14)28-25(34)22-10-15-5-3-4-6-21(15)36-22/h3-12H,13H2,1-2H3,(H,28,34)(H,30,33)(H,27,29,31). The molecule has 0 saturated heterocycles. The Morgan fingerprint density at radius 2 is 1.94 bits per heavy atom. The number of anilines is 3. The van der Waals surface area contributed by atoms with Gasteiger partial charge in [0.15, 0.2) is 11.6 Å². The largest absolute Gasteiger partial charge is 0.358 e. The van der Waals surface area contributed by atoms with E-state index in [0.717, 1.165) is 10.1 Å². The monoisotopic (exact) mass is 504 g/mol. The predicted octanol–water partition coefficient (Wildman–Crippen LogP) is 4.84. The number of H-pyrrole nitrogens is 1. The number of hydrogen-bond acceptors (Lipinski definition) is 8. The van der Waals surface area contributed by atoms with Crippen molar-refractivity contribution < 1.29 is 13.7 Å². The molecule has 3 N–H and O–H groups in total. The summed E-state index contributed by atoms with van der Waals surface area (Å²) >= 11 is 1.33. The van der Waals surface area contributed by atoms with Gasteiger partial charge in [-0.1, -0.05) is 23.4 Å². The molecular weight excluding hydrogens is 483 g/mol. The topological polar surface area (TPSA) is 116 Å². The number of hydrogen-bond donors (Lipinski definition) is 3. The average Bonchev–Trinajstić information content (AvgIpc) is 3.48. The Bertz CT molecular complexity index is 1590. The summed E-state index contributed by atoms with van der Waals surface area (Å²) in [6.45, 7) is 0.554. The van der Waals surface area contributed by atoms with E-state index in [1.807, 2.05) is 43.3 Å². The summed E-state index contributed by atoms with van der Waals surface area (Å²) in [5.74, 6) is -0.00810. The Morgan fingerprint density at radius 3 is 2.75 bits per heavy atom. The van der Waals surface area contributed by atoms with Crippen LogP contribution in [0.5, 0.6) is 0 Å². The van der Waals surface area contributed by atoms with Gasteiger partial charge in [0, 0.05) is 16.3 Å². The molecule has 3 aromatic heterocycles. The first-order valence-corrected chi connectivity index (χ1v) is 11.7. The number of aromatic nitrogens is 3. The highest BCUT2D eigenvalue weighted by atomic mass is 32.1. The van der Waals surface area contributed by atoms with Gasteiger partial charge >= 0.3 is 0 Å². The number of carbonyl (C=O) groups excluding carboxylic acids is 1. The van der Waals surface area contributed by atoms with Gasteiger partial charge < -0.3 is 20.1 Å². The van der Waals surface area contributed by atoms with Crippen molar-refractivity contribution in [3.8, 4) is 11.3 Å². The second-order valence-electron chi connectivity index (χ2n) is 8.33. The zero-order chi connectivity index (χ0) is 25.2. The van der Waals surface area contributed by atoms with Gasteiger partial charge in [0.1, 0.15) is 11.5 Å². The van der Waals surface area contributed by atoms with Crippen LogP contribution in [0.4, 0.5) is 21.6 Å². The number of rotatable bonds is 7. The van der Waals surface area contributed by atoms with E-state index in [0.29, 0.717) is 34.3 Å². The van der Waals surface area contributed by atoms with Crippen LogP contribution in [0, 0.1) is 5.82 Å². The summed E-state index contributed by atoms with van der Waals surface area (Å²) in [4.78, 5) is 27.5. The molecule has 0 bridgehead atoms. The Morgan fingerprint density at radius 1 is 1.11 bits per heavy atom. The lowest BCUT2D eigenvalue weighted by atomic mass is 10.1. The fourth-order valence-electron chi connectivity index (χ4n) is 3.60. The molecule has 5 aromatic rings. The molecule has 9 nitrogen and oxygen atoms in total. The Hall–Kier alpha value is -4.35. The van der Waals surface area contributed by atoms with Crippen molar-refractivity contribution in [2.75, 3.05) is 24.7 Å². The highest BCUT2D eigenvalue weighted by molar-refractivity contribution is 7.20. The minimum Gasteiger partial charge on any atom is -0.358 e. The van der Waals surface area contributed by atoms with E-state index in [4.69, 9.17) is 4.52 Å². The minimum atomic E-state index is -0.591. The van der Waals surface area contributed by atoms with Gasteiger partial charge in [0.2, 0.25) is 0 Å². The molecule has 1 amide bonds. The number of amides is 1. The molecule has 0 aliphatic carbocycles. The molecule has 0 aliphatic heterocycles. The number of thiophene rings is 1. The third-order valence-electron chi connectivity index (χ3n) is 5.26. The molecule has 11 heteroatoms. The quantitative estimate of drug-likeness (QED) is 0.291. The number of benzene rings is 2. The average molecular weight is 505 g/mol. The van der Waals surface area contributed by atoms with Gasteiger partial charge in [-0.05, 0) is 55.9 Å². The van der Waals surface area contributed by atoms with Crippen molar-refractivity contribution in [1.29, 1.82) is 0 Å². The molecule has 36 heavy (non-hydrogen) atoms. The minimum absolute atomic E-state index is 0.00212. The normalized spacial score (nSPS) is 11.2. The maximum Gasteiger partial charge on any atom is 0.287 e. The van der Waals surface area contributed by atoms with Crippen LogP contribution in [-0.2, 0) is 6.54 Å². The fraction of sp³-hybridized carbons (Fsp3) is 0.120. The SMILES string of the molecule is CN(C)Cc1cc(Nc2cc(-c3ccc(F)c(NC(=O)c4cc5ccccc5s4)c3)n[nH]c2=O)no1. The first-order chi connectivity index (χ1) is 17.4. The molecule has 0 unspecified atom stereocenters. The van der Waals surface area contributed by atoms with E-state index < -0.39 is 17.3 Å². The van der Waals surface area contributed by atoms with Gasteiger partial charge in [0.25, 0.3) is 11.5 Å². The molecule has 3 heterocycles. The highest BCUT2D eigenvalue weighted by Crippen LogP contribution is 2.28. The van der Waals surface area contributed by atoms with Gasteiger partial charge in [-0.15, -0.1) is 11.3 Å². The van der Waals surface area contributed by atoms with Crippen molar-refractivity contribution in [2.45, 2.75) is 6.54 Å².